The van der Waals surface area contributed by atoms with Gasteiger partial charge < -0.3 is 19.6 Å². The second-order valence-corrected chi connectivity index (χ2v) is 4.41. The number of primary amides is 1. The quantitative estimate of drug-likeness (QED) is 0.577. The first kappa shape index (κ1) is 13.7. The summed E-state index contributed by atoms with van der Waals surface area (Å²) in [6.07, 6.45) is 0.149. The molecule has 110 valence electrons. The molecule has 6 nitrogen and oxygen atoms in total. The van der Waals surface area contributed by atoms with E-state index < -0.39 is 5.91 Å². The molecule has 0 atom stereocenters. The summed E-state index contributed by atoms with van der Waals surface area (Å²) in [6, 6.07) is 13.9. The highest BCUT2D eigenvalue weighted by atomic mass is 16.6. The first-order chi connectivity index (χ1) is 10.6. The Morgan fingerprint density at radius 3 is 2.45 bits per heavy atom. The first-order valence-electron chi connectivity index (χ1n) is 6.42. The lowest BCUT2D eigenvalue weighted by atomic mass is 10.3. The van der Waals surface area contributed by atoms with Crippen molar-refractivity contribution in [2.45, 2.75) is 0 Å². The van der Waals surface area contributed by atoms with Crippen LogP contribution >= 0.6 is 0 Å². The van der Waals surface area contributed by atoms with E-state index in [4.69, 9.17) is 19.6 Å². The summed E-state index contributed by atoms with van der Waals surface area (Å²) in [5.41, 5.74) is 6.41. The molecule has 2 aromatic carbocycles. The molecule has 3 rings (SSSR count). The fourth-order valence-electron chi connectivity index (χ4n) is 1.76. The number of amides is 1. The molecule has 1 amide bonds. The van der Waals surface area contributed by atoms with Gasteiger partial charge in [0.25, 0.3) is 5.91 Å². The van der Waals surface area contributed by atoms with Gasteiger partial charge in [0.15, 0.2) is 11.3 Å². The minimum atomic E-state index is -0.716. The van der Waals surface area contributed by atoms with Crippen molar-refractivity contribution in [2.75, 3.05) is 0 Å². The highest BCUT2D eigenvalue weighted by Gasteiger charge is 2.08. The summed E-state index contributed by atoms with van der Waals surface area (Å²) >= 11 is 0. The minimum absolute atomic E-state index is 0.132. The zero-order valence-corrected chi connectivity index (χ0v) is 11.5. The highest BCUT2D eigenvalue weighted by molar-refractivity contribution is 5.89. The van der Waals surface area contributed by atoms with Gasteiger partial charge in [-0.3, -0.25) is 4.79 Å². The van der Waals surface area contributed by atoms with Crippen molar-refractivity contribution in [1.82, 2.24) is 4.98 Å². The third-order valence-electron chi connectivity index (χ3n) is 2.82. The van der Waals surface area contributed by atoms with Crippen LogP contribution in [-0.4, -0.2) is 10.9 Å². The maximum absolute atomic E-state index is 10.8. The van der Waals surface area contributed by atoms with Gasteiger partial charge in [-0.25, -0.2) is 0 Å². The maximum atomic E-state index is 10.8. The van der Waals surface area contributed by atoms with Crippen molar-refractivity contribution in [3.05, 3.63) is 60.9 Å². The number of para-hydroxylation sites is 2. The van der Waals surface area contributed by atoms with Crippen LogP contribution in [-0.2, 0) is 4.79 Å². The second kappa shape index (κ2) is 5.61. The molecule has 0 bridgehead atoms. The van der Waals surface area contributed by atoms with Gasteiger partial charge in [0.1, 0.15) is 17.0 Å². The average molecular weight is 296 g/mol. The molecule has 0 aliphatic heterocycles. The lowest BCUT2D eigenvalue weighted by Gasteiger charge is -2.06. The average Bonchev–Trinajstić information content (AvgIpc) is 2.91. The number of aromatic nitrogens is 1. The summed E-state index contributed by atoms with van der Waals surface area (Å²) in [5.74, 6) is 0.0942. The fraction of sp³-hybridized carbons (Fsp3) is 0. The predicted molar refractivity (Wildman–Crippen MR) is 79.5 cm³/mol. The molecular weight excluding hydrogens is 284 g/mol. The molecule has 0 saturated heterocycles. The Hall–Kier alpha value is -3.28. The molecule has 0 unspecified atom stereocenters. The third kappa shape index (κ3) is 2.90. The number of nitrogens with two attached hydrogens (primary N) is 1. The molecular formula is C16H12N2O4. The smallest absolute Gasteiger partial charge is 0.400 e. The van der Waals surface area contributed by atoms with Crippen molar-refractivity contribution >= 4 is 17.0 Å². The number of ether oxygens (including phenoxy) is 2. The van der Waals surface area contributed by atoms with Crippen LogP contribution in [0.2, 0.25) is 0 Å². The van der Waals surface area contributed by atoms with Gasteiger partial charge in [-0.15, -0.1) is 0 Å². The topological polar surface area (TPSA) is 87.6 Å². The number of rotatable bonds is 5. The first-order valence-corrected chi connectivity index (χ1v) is 6.42. The number of oxazole rings is 1. The molecule has 1 heterocycles. The summed E-state index contributed by atoms with van der Waals surface area (Å²) in [4.78, 5) is 15.1. The van der Waals surface area contributed by atoms with Crippen LogP contribution < -0.4 is 15.2 Å². The molecule has 0 spiro atoms. The van der Waals surface area contributed by atoms with Gasteiger partial charge in [-0.2, -0.15) is 4.98 Å². The van der Waals surface area contributed by atoms with E-state index in [9.17, 15) is 4.79 Å². The molecule has 0 saturated carbocycles. The number of carbonyl (C=O) groups is 1. The molecule has 0 radical (unpaired) electrons. The van der Waals surface area contributed by atoms with Gasteiger partial charge in [0.2, 0.25) is 0 Å². The van der Waals surface area contributed by atoms with Gasteiger partial charge in [-0.05, 0) is 36.4 Å². The Morgan fingerprint density at radius 1 is 1.09 bits per heavy atom. The van der Waals surface area contributed by atoms with Crippen molar-refractivity contribution in [3.63, 3.8) is 0 Å². The highest BCUT2D eigenvalue weighted by Crippen LogP contribution is 2.26. The van der Waals surface area contributed by atoms with Crippen LogP contribution in [0.3, 0.4) is 0 Å². The van der Waals surface area contributed by atoms with Crippen LogP contribution in [0, 0.1) is 0 Å². The third-order valence-corrected chi connectivity index (χ3v) is 2.82. The number of fused-ring (bicyclic) bond motifs is 1. The van der Waals surface area contributed by atoms with E-state index in [1.165, 1.54) is 0 Å². The molecule has 6 heteroatoms. The van der Waals surface area contributed by atoms with Crippen LogP contribution in [0.5, 0.6) is 17.6 Å². The van der Waals surface area contributed by atoms with Gasteiger partial charge in [-0.1, -0.05) is 18.7 Å². The molecule has 0 fully saturated rings. The standard InChI is InChI=1S/C16H12N2O4/c1-10(15(17)19)20-11-6-8-12(9-7-11)21-16-18-13-4-2-3-5-14(13)22-16/h2-9H,1H2,(H2,17,19). The fourth-order valence-corrected chi connectivity index (χ4v) is 1.76. The van der Waals surface area contributed by atoms with Crippen molar-refractivity contribution in [2.24, 2.45) is 5.73 Å². The predicted octanol–water partition coefficient (Wildman–Crippen LogP) is 3.00. The monoisotopic (exact) mass is 296 g/mol. The van der Waals surface area contributed by atoms with Crippen LogP contribution in [0.4, 0.5) is 0 Å². The summed E-state index contributed by atoms with van der Waals surface area (Å²) < 4.78 is 16.1. The summed E-state index contributed by atoms with van der Waals surface area (Å²) in [5, 5.41) is 0. The maximum Gasteiger partial charge on any atom is 0.400 e. The van der Waals surface area contributed by atoms with Gasteiger partial charge in [0.05, 0.1) is 0 Å². The van der Waals surface area contributed by atoms with Crippen LogP contribution in [0.15, 0.2) is 65.3 Å². The van der Waals surface area contributed by atoms with E-state index in [-0.39, 0.29) is 11.8 Å². The Kier molecular flexibility index (Phi) is 3.49. The number of carbonyl (C=O) groups excluding carboxylic acids is 1. The second-order valence-electron chi connectivity index (χ2n) is 4.41. The molecule has 0 aliphatic carbocycles. The van der Waals surface area contributed by atoms with Crippen molar-refractivity contribution in [1.29, 1.82) is 0 Å². The number of nitrogens with zero attached hydrogens (tertiary/aromatic N) is 1. The van der Waals surface area contributed by atoms with Crippen molar-refractivity contribution < 1.29 is 18.7 Å². The van der Waals surface area contributed by atoms with Gasteiger partial charge in [0, 0.05) is 0 Å². The molecule has 3 aromatic rings. The van der Waals surface area contributed by atoms with Crippen LogP contribution in [0.25, 0.3) is 11.1 Å². The van der Waals surface area contributed by atoms with Crippen LogP contribution in [0.1, 0.15) is 0 Å². The largest absolute Gasteiger partial charge is 0.452 e. The van der Waals surface area contributed by atoms with E-state index in [0.717, 1.165) is 5.52 Å². The number of hydrogen-bond donors (Lipinski definition) is 1. The molecule has 1 aromatic heterocycles. The normalized spacial score (nSPS) is 10.4. The van der Waals surface area contributed by atoms with Crippen molar-refractivity contribution in [3.8, 4) is 17.6 Å². The zero-order chi connectivity index (χ0) is 15.5. The minimum Gasteiger partial charge on any atom is -0.452 e. The Bertz CT molecular complexity index is 804. The lowest BCUT2D eigenvalue weighted by molar-refractivity contribution is -0.116. The van der Waals surface area contributed by atoms with E-state index in [1.54, 1.807) is 24.3 Å². The Labute approximate surface area is 125 Å². The molecule has 22 heavy (non-hydrogen) atoms. The zero-order valence-electron chi connectivity index (χ0n) is 11.5. The molecule has 2 N–H and O–H groups in total. The van der Waals surface area contributed by atoms with E-state index in [1.807, 2.05) is 24.3 Å². The van der Waals surface area contributed by atoms with E-state index in [0.29, 0.717) is 17.1 Å². The lowest BCUT2D eigenvalue weighted by Crippen LogP contribution is -2.16. The Morgan fingerprint density at radius 2 is 1.77 bits per heavy atom. The van der Waals surface area contributed by atoms with E-state index in [2.05, 4.69) is 11.6 Å². The summed E-state index contributed by atoms with van der Waals surface area (Å²) in [7, 11) is 0. The van der Waals surface area contributed by atoms with E-state index >= 15 is 0 Å². The molecule has 0 aliphatic rings. The van der Waals surface area contributed by atoms with Gasteiger partial charge >= 0.3 is 6.08 Å². The Balaban J connectivity index is 1.73. The SMILES string of the molecule is C=C(Oc1ccc(Oc2nc3ccccc3o2)cc1)C(N)=O. The number of hydrogen-bond acceptors (Lipinski definition) is 5. The number of benzene rings is 2. The summed E-state index contributed by atoms with van der Waals surface area (Å²) in [6.45, 7) is 3.41.